The minimum absolute atomic E-state index is 0.0275. The molecule has 4 rings (SSSR count). The minimum atomic E-state index is -1.14. The van der Waals surface area contributed by atoms with E-state index in [1.165, 1.54) is 6.92 Å². The Balaban J connectivity index is 1.77. The van der Waals surface area contributed by atoms with Crippen LogP contribution in [-0.4, -0.2) is 41.2 Å². The molecular weight excluding hydrogens is 450 g/mol. The lowest BCUT2D eigenvalue weighted by atomic mass is 9.83. The van der Waals surface area contributed by atoms with Crippen LogP contribution in [0.15, 0.2) is 78.9 Å². The second-order valence-corrected chi connectivity index (χ2v) is 9.55. The van der Waals surface area contributed by atoms with E-state index >= 15 is 0 Å². The van der Waals surface area contributed by atoms with Crippen molar-refractivity contribution in [3.05, 3.63) is 101 Å². The number of carbonyl (C=O) groups is 3. The van der Waals surface area contributed by atoms with Crippen molar-refractivity contribution in [1.29, 1.82) is 0 Å². The number of benzene rings is 3. The van der Waals surface area contributed by atoms with E-state index in [2.05, 4.69) is 5.32 Å². The number of amides is 3. The molecule has 1 aliphatic heterocycles. The Kier molecular flexibility index (Phi) is 7.53. The molecule has 0 spiro atoms. The molecule has 1 heterocycles. The number of hydrogen-bond donors (Lipinski definition) is 1. The molecule has 36 heavy (non-hydrogen) atoms. The molecule has 186 valence electrons. The highest BCUT2D eigenvalue weighted by Gasteiger charge is 2.49. The lowest BCUT2D eigenvalue weighted by Gasteiger charge is -2.47. The second-order valence-electron chi connectivity index (χ2n) is 9.55. The normalized spacial score (nSPS) is 14.7. The minimum Gasteiger partial charge on any atom is -0.350 e. The van der Waals surface area contributed by atoms with Crippen molar-refractivity contribution in [3.8, 4) is 0 Å². The Labute approximate surface area is 212 Å². The van der Waals surface area contributed by atoms with E-state index in [-0.39, 0.29) is 17.7 Å². The SMILES string of the molecule is CC(=O)N1CCC(C(=O)NCc2ccccc2)(N(C(=O)c2ccc(C)cc2)c2cccc(C)c2)CC1. The van der Waals surface area contributed by atoms with Gasteiger partial charge in [-0.1, -0.05) is 60.2 Å². The highest BCUT2D eigenvalue weighted by molar-refractivity contribution is 6.11. The van der Waals surface area contributed by atoms with Crippen LogP contribution in [0.1, 0.15) is 46.8 Å². The molecule has 0 unspecified atom stereocenters. The standard InChI is InChI=1S/C30H33N3O3/c1-22-12-14-26(15-13-22)28(35)33(27-11-7-8-23(2)20-27)30(16-18-32(19-17-30)24(3)34)29(36)31-21-25-9-5-4-6-10-25/h4-15,20H,16-19,21H2,1-3H3,(H,31,36). The fourth-order valence-corrected chi connectivity index (χ4v) is 4.84. The lowest BCUT2D eigenvalue weighted by molar-refractivity contribution is -0.135. The highest BCUT2D eigenvalue weighted by atomic mass is 16.2. The summed E-state index contributed by atoms with van der Waals surface area (Å²) in [5.74, 6) is -0.469. The van der Waals surface area contributed by atoms with Crippen LogP contribution in [0.5, 0.6) is 0 Å². The summed E-state index contributed by atoms with van der Waals surface area (Å²) in [6.07, 6.45) is 0.692. The van der Waals surface area contributed by atoms with Gasteiger partial charge in [-0.2, -0.15) is 0 Å². The molecule has 0 saturated carbocycles. The van der Waals surface area contributed by atoms with Gasteiger partial charge in [0.15, 0.2) is 0 Å². The summed E-state index contributed by atoms with van der Waals surface area (Å²) in [5.41, 5.74) is 3.08. The van der Waals surface area contributed by atoms with Gasteiger partial charge in [-0.25, -0.2) is 0 Å². The van der Waals surface area contributed by atoms with Gasteiger partial charge in [0.2, 0.25) is 11.8 Å². The summed E-state index contributed by atoms with van der Waals surface area (Å²) in [6, 6.07) is 24.8. The molecule has 3 aromatic rings. The van der Waals surface area contributed by atoms with E-state index in [4.69, 9.17) is 0 Å². The Bertz CT molecular complexity index is 1230. The maximum atomic E-state index is 14.1. The maximum absolute atomic E-state index is 14.1. The lowest BCUT2D eigenvalue weighted by Crippen LogP contribution is -2.65. The number of nitrogens with zero attached hydrogens (tertiary/aromatic N) is 2. The largest absolute Gasteiger partial charge is 0.350 e. The third kappa shape index (κ3) is 5.33. The third-order valence-electron chi connectivity index (χ3n) is 6.94. The fourth-order valence-electron chi connectivity index (χ4n) is 4.84. The number of carbonyl (C=O) groups excluding carboxylic acids is 3. The van der Waals surface area contributed by atoms with E-state index in [0.717, 1.165) is 16.7 Å². The molecule has 1 fully saturated rings. The van der Waals surface area contributed by atoms with Gasteiger partial charge in [0.1, 0.15) is 5.54 Å². The van der Waals surface area contributed by atoms with E-state index in [1.54, 1.807) is 21.9 Å². The van der Waals surface area contributed by atoms with Gasteiger partial charge in [0, 0.05) is 37.8 Å². The smallest absolute Gasteiger partial charge is 0.259 e. The quantitative estimate of drug-likeness (QED) is 0.555. The average molecular weight is 484 g/mol. The van der Waals surface area contributed by atoms with Crippen LogP contribution in [0.3, 0.4) is 0 Å². The molecule has 0 aliphatic carbocycles. The Hall–Kier alpha value is -3.93. The zero-order valence-electron chi connectivity index (χ0n) is 21.2. The van der Waals surface area contributed by atoms with Crippen molar-refractivity contribution in [1.82, 2.24) is 10.2 Å². The third-order valence-corrected chi connectivity index (χ3v) is 6.94. The maximum Gasteiger partial charge on any atom is 0.259 e. The van der Waals surface area contributed by atoms with Crippen LogP contribution < -0.4 is 10.2 Å². The average Bonchev–Trinajstić information content (AvgIpc) is 2.88. The highest BCUT2D eigenvalue weighted by Crippen LogP contribution is 2.36. The van der Waals surface area contributed by atoms with Crippen LogP contribution in [0, 0.1) is 13.8 Å². The number of hydrogen-bond acceptors (Lipinski definition) is 3. The Morgan fingerprint density at radius 1 is 0.861 bits per heavy atom. The van der Waals surface area contributed by atoms with Crippen molar-refractivity contribution in [2.45, 2.75) is 45.7 Å². The topological polar surface area (TPSA) is 69.7 Å². The summed E-state index contributed by atoms with van der Waals surface area (Å²) in [5, 5.41) is 3.10. The van der Waals surface area contributed by atoms with Crippen molar-refractivity contribution >= 4 is 23.4 Å². The molecule has 1 aliphatic rings. The first-order chi connectivity index (χ1) is 17.3. The van der Waals surface area contributed by atoms with Crippen LogP contribution in [0.2, 0.25) is 0 Å². The number of nitrogens with one attached hydrogen (secondary N) is 1. The molecule has 6 heteroatoms. The first-order valence-electron chi connectivity index (χ1n) is 12.4. The van der Waals surface area contributed by atoms with E-state index < -0.39 is 5.54 Å². The monoisotopic (exact) mass is 483 g/mol. The number of piperidine rings is 1. The van der Waals surface area contributed by atoms with Crippen LogP contribution in [0.4, 0.5) is 5.69 Å². The van der Waals surface area contributed by atoms with Gasteiger partial charge in [0.25, 0.3) is 5.91 Å². The van der Waals surface area contributed by atoms with Crippen LogP contribution in [-0.2, 0) is 16.1 Å². The zero-order chi connectivity index (χ0) is 25.7. The van der Waals surface area contributed by atoms with Crippen LogP contribution >= 0.6 is 0 Å². The van der Waals surface area contributed by atoms with Gasteiger partial charge in [-0.15, -0.1) is 0 Å². The van der Waals surface area contributed by atoms with Gasteiger partial charge in [-0.3, -0.25) is 19.3 Å². The predicted octanol–water partition coefficient (Wildman–Crippen LogP) is 4.65. The van der Waals surface area contributed by atoms with Crippen molar-refractivity contribution in [2.24, 2.45) is 0 Å². The molecule has 1 N–H and O–H groups in total. The first-order valence-corrected chi connectivity index (χ1v) is 12.4. The first kappa shape index (κ1) is 25.2. The summed E-state index contributed by atoms with van der Waals surface area (Å²) in [6.45, 7) is 6.65. The Morgan fingerprint density at radius 3 is 2.14 bits per heavy atom. The molecular formula is C30H33N3O3. The number of anilines is 1. The van der Waals surface area contributed by atoms with Gasteiger partial charge >= 0.3 is 0 Å². The van der Waals surface area contributed by atoms with Crippen LogP contribution in [0.25, 0.3) is 0 Å². The molecule has 0 radical (unpaired) electrons. The number of rotatable bonds is 6. The predicted molar refractivity (Wildman–Crippen MR) is 142 cm³/mol. The molecule has 3 amide bonds. The van der Waals surface area contributed by atoms with Gasteiger partial charge in [-0.05, 0) is 62.1 Å². The summed E-state index contributed by atoms with van der Waals surface area (Å²) in [7, 11) is 0. The molecule has 0 aromatic heterocycles. The zero-order valence-corrected chi connectivity index (χ0v) is 21.2. The Morgan fingerprint density at radius 2 is 1.53 bits per heavy atom. The molecule has 3 aromatic carbocycles. The number of likely N-dealkylation sites (tertiary alicyclic amines) is 1. The van der Waals surface area contributed by atoms with Crippen molar-refractivity contribution in [3.63, 3.8) is 0 Å². The summed E-state index contributed by atoms with van der Waals surface area (Å²) in [4.78, 5) is 43.7. The van der Waals surface area contributed by atoms with Gasteiger partial charge in [0.05, 0.1) is 0 Å². The van der Waals surface area contributed by atoms with Crippen molar-refractivity contribution in [2.75, 3.05) is 18.0 Å². The molecule has 6 nitrogen and oxygen atoms in total. The van der Waals surface area contributed by atoms with E-state index in [1.807, 2.05) is 80.6 Å². The molecule has 0 bridgehead atoms. The fraction of sp³-hybridized carbons (Fsp3) is 0.300. The second kappa shape index (κ2) is 10.8. The number of aryl methyl sites for hydroxylation is 2. The summed E-state index contributed by atoms with van der Waals surface area (Å²) >= 11 is 0. The van der Waals surface area contributed by atoms with E-state index in [0.29, 0.717) is 43.7 Å². The molecule has 1 saturated heterocycles. The molecule has 0 atom stereocenters. The van der Waals surface area contributed by atoms with Crippen molar-refractivity contribution < 1.29 is 14.4 Å². The summed E-state index contributed by atoms with van der Waals surface area (Å²) < 4.78 is 0. The van der Waals surface area contributed by atoms with Gasteiger partial charge < -0.3 is 10.2 Å². The van der Waals surface area contributed by atoms with E-state index in [9.17, 15) is 14.4 Å².